The number of aliphatic hydroxyl groups is 1. The summed E-state index contributed by atoms with van der Waals surface area (Å²) in [6, 6.07) is 0. The Morgan fingerprint density at radius 2 is 2.36 bits per heavy atom. The van der Waals surface area contributed by atoms with Gasteiger partial charge in [-0.3, -0.25) is 10.4 Å². The highest BCUT2D eigenvalue weighted by Gasteiger charge is 2.10. The van der Waals surface area contributed by atoms with Crippen molar-refractivity contribution in [1.82, 2.24) is 10.2 Å². The van der Waals surface area contributed by atoms with E-state index in [2.05, 4.69) is 20.3 Å². The number of nitrogens with one attached hydrogen (secondary N) is 2. The van der Waals surface area contributed by atoms with Gasteiger partial charge in [0.1, 0.15) is 6.61 Å². The molecule has 1 rings (SSSR count). The third-order valence-corrected chi connectivity index (χ3v) is 1.68. The molecular formula is C8H13N3O3. The van der Waals surface area contributed by atoms with Crippen molar-refractivity contribution >= 4 is 11.8 Å². The number of carbonyl (C=O) groups excluding carboxylic acids is 1. The van der Waals surface area contributed by atoms with Gasteiger partial charge in [-0.05, 0) is 13.8 Å². The summed E-state index contributed by atoms with van der Waals surface area (Å²) in [5.74, 6) is 0. The van der Waals surface area contributed by atoms with Gasteiger partial charge in [0, 0.05) is 0 Å². The zero-order chi connectivity index (χ0) is 10.6. The second kappa shape index (κ2) is 4.61. The van der Waals surface area contributed by atoms with E-state index >= 15 is 0 Å². The summed E-state index contributed by atoms with van der Waals surface area (Å²) < 4.78 is 4.63. The topological polar surface area (TPSA) is 87.2 Å². The van der Waals surface area contributed by atoms with E-state index in [1.54, 1.807) is 13.8 Å². The van der Waals surface area contributed by atoms with Crippen LogP contribution in [0.25, 0.3) is 0 Å². The van der Waals surface area contributed by atoms with Gasteiger partial charge in [0.2, 0.25) is 0 Å². The molecule has 14 heavy (non-hydrogen) atoms. The molecule has 6 heteroatoms. The first kappa shape index (κ1) is 10.5. The van der Waals surface area contributed by atoms with E-state index in [4.69, 9.17) is 5.11 Å². The molecule has 0 atom stereocenters. The summed E-state index contributed by atoms with van der Waals surface area (Å²) >= 11 is 0. The summed E-state index contributed by atoms with van der Waals surface area (Å²) in [5.41, 5.74) is 2.08. The number of ether oxygens (including phenoxy) is 1. The first-order valence-electron chi connectivity index (χ1n) is 4.21. The Hall–Kier alpha value is -1.56. The van der Waals surface area contributed by atoms with Gasteiger partial charge in [-0.15, -0.1) is 0 Å². The molecule has 1 aromatic heterocycles. The maximum absolute atomic E-state index is 11.1. The van der Waals surface area contributed by atoms with Crippen LogP contribution in [0.2, 0.25) is 0 Å². The fraction of sp³-hybridized carbons (Fsp3) is 0.500. The lowest BCUT2D eigenvalue weighted by molar-refractivity contribution is 0.131. The second-order valence-corrected chi connectivity index (χ2v) is 2.79. The van der Waals surface area contributed by atoms with Crippen molar-refractivity contribution in [3.63, 3.8) is 0 Å². The molecule has 1 amide bonds. The monoisotopic (exact) mass is 199 g/mol. The van der Waals surface area contributed by atoms with Crippen LogP contribution in [0, 0.1) is 13.8 Å². The third kappa shape index (κ3) is 2.46. The Morgan fingerprint density at radius 3 is 2.86 bits per heavy atom. The molecule has 0 aliphatic rings. The van der Waals surface area contributed by atoms with Crippen molar-refractivity contribution in [3.05, 3.63) is 11.4 Å². The number of nitrogens with zero attached hydrogens (tertiary/aromatic N) is 1. The summed E-state index contributed by atoms with van der Waals surface area (Å²) in [5, 5.41) is 17.6. The normalized spacial score (nSPS) is 9.93. The Morgan fingerprint density at radius 1 is 1.64 bits per heavy atom. The Labute approximate surface area is 81.3 Å². The number of aromatic amines is 1. The average Bonchev–Trinajstić information content (AvgIpc) is 2.46. The molecule has 6 nitrogen and oxygen atoms in total. The van der Waals surface area contributed by atoms with Crippen molar-refractivity contribution in [3.8, 4) is 0 Å². The largest absolute Gasteiger partial charge is 0.447 e. The lowest BCUT2D eigenvalue weighted by Gasteiger charge is -2.05. The molecule has 0 aliphatic carbocycles. The van der Waals surface area contributed by atoms with Gasteiger partial charge in [0.15, 0.2) is 0 Å². The van der Waals surface area contributed by atoms with Crippen molar-refractivity contribution in [1.29, 1.82) is 0 Å². The van der Waals surface area contributed by atoms with E-state index in [-0.39, 0.29) is 13.2 Å². The number of aliphatic hydroxyl groups excluding tert-OH is 1. The van der Waals surface area contributed by atoms with Crippen LogP contribution in [-0.4, -0.2) is 34.6 Å². The van der Waals surface area contributed by atoms with Crippen molar-refractivity contribution < 1.29 is 14.6 Å². The number of carbonyl (C=O) groups is 1. The maximum atomic E-state index is 11.1. The minimum atomic E-state index is -0.591. The van der Waals surface area contributed by atoms with Gasteiger partial charge in [-0.25, -0.2) is 4.79 Å². The Kier molecular flexibility index (Phi) is 3.47. The zero-order valence-electron chi connectivity index (χ0n) is 8.13. The molecule has 78 valence electrons. The highest BCUT2D eigenvalue weighted by atomic mass is 16.6. The Balaban J connectivity index is 2.55. The molecule has 1 heterocycles. The van der Waals surface area contributed by atoms with Crippen LogP contribution in [0.4, 0.5) is 10.5 Å². The standard InChI is InChI=1S/C8H13N3O3/c1-5-7(6(2)11-10-5)9-8(13)14-4-3-12/h12H,3-4H2,1-2H3,(H,9,13)(H,10,11). The number of hydrogen-bond donors (Lipinski definition) is 3. The molecule has 0 aliphatic heterocycles. The predicted octanol–water partition coefficient (Wildman–Crippen LogP) is 0.567. The fourth-order valence-corrected chi connectivity index (χ4v) is 1.01. The number of amides is 1. The van der Waals surface area contributed by atoms with Gasteiger partial charge < -0.3 is 9.84 Å². The molecule has 0 radical (unpaired) electrons. The molecule has 3 N–H and O–H groups in total. The van der Waals surface area contributed by atoms with Crippen LogP contribution in [0.1, 0.15) is 11.4 Å². The fourth-order valence-electron chi connectivity index (χ4n) is 1.01. The van der Waals surface area contributed by atoms with Crippen LogP contribution in [0.15, 0.2) is 0 Å². The van der Waals surface area contributed by atoms with Crippen molar-refractivity contribution in [2.45, 2.75) is 13.8 Å². The van der Waals surface area contributed by atoms with Crippen LogP contribution >= 0.6 is 0 Å². The third-order valence-electron chi connectivity index (χ3n) is 1.68. The number of aromatic nitrogens is 2. The molecule has 1 aromatic rings. The smallest absolute Gasteiger partial charge is 0.411 e. The second-order valence-electron chi connectivity index (χ2n) is 2.79. The summed E-state index contributed by atoms with van der Waals surface area (Å²) in [6.07, 6.45) is -0.591. The lowest BCUT2D eigenvalue weighted by atomic mass is 10.3. The maximum Gasteiger partial charge on any atom is 0.411 e. The van der Waals surface area contributed by atoms with Crippen LogP contribution in [0.5, 0.6) is 0 Å². The average molecular weight is 199 g/mol. The number of aryl methyl sites for hydroxylation is 2. The SMILES string of the molecule is Cc1n[nH]c(C)c1NC(=O)OCCO. The van der Waals surface area contributed by atoms with Gasteiger partial charge in [-0.2, -0.15) is 5.10 Å². The van der Waals surface area contributed by atoms with Crippen LogP contribution in [0.3, 0.4) is 0 Å². The van der Waals surface area contributed by atoms with E-state index in [0.29, 0.717) is 11.4 Å². The van der Waals surface area contributed by atoms with Crippen molar-refractivity contribution in [2.24, 2.45) is 0 Å². The molecule has 0 fully saturated rings. The predicted molar refractivity (Wildman–Crippen MR) is 50.1 cm³/mol. The number of anilines is 1. The zero-order valence-corrected chi connectivity index (χ0v) is 8.13. The van der Waals surface area contributed by atoms with E-state index in [9.17, 15) is 4.79 Å². The van der Waals surface area contributed by atoms with Gasteiger partial charge in [0.25, 0.3) is 0 Å². The van der Waals surface area contributed by atoms with E-state index in [1.807, 2.05) is 0 Å². The molecule has 0 saturated carbocycles. The minimum Gasteiger partial charge on any atom is -0.447 e. The summed E-state index contributed by atoms with van der Waals surface area (Å²) in [7, 11) is 0. The molecule has 0 spiro atoms. The summed E-state index contributed by atoms with van der Waals surface area (Å²) in [6.45, 7) is 3.37. The first-order valence-corrected chi connectivity index (χ1v) is 4.21. The molecule has 0 saturated heterocycles. The van der Waals surface area contributed by atoms with Crippen LogP contribution < -0.4 is 5.32 Å². The molecule has 0 aromatic carbocycles. The van der Waals surface area contributed by atoms with Gasteiger partial charge in [0.05, 0.1) is 23.7 Å². The highest BCUT2D eigenvalue weighted by Crippen LogP contribution is 2.15. The van der Waals surface area contributed by atoms with E-state index < -0.39 is 6.09 Å². The lowest BCUT2D eigenvalue weighted by Crippen LogP contribution is -2.16. The number of H-pyrrole nitrogens is 1. The van der Waals surface area contributed by atoms with Crippen molar-refractivity contribution in [2.75, 3.05) is 18.5 Å². The highest BCUT2D eigenvalue weighted by molar-refractivity contribution is 5.86. The molecular weight excluding hydrogens is 186 g/mol. The van der Waals surface area contributed by atoms with Gasteiger partial charge >= 0.3 is 6.09 Å². The first-order chi connectivity index (χ1) is 6.65. The minimum absolute atomic E-state index is 0.0121. The summed E-state index contributed by atoms with van der Waals surface area (Å²) in [4.78, 5) is 11.1. The van der Waals surface area contributed by atoms with E-state index in [1.165, 1.54) is 0 Å². The quantitative estimate of drug-likeness (QED) is 0.664. The van der Waals surface area contributed by atoms with Gasteiger partial charge in [-0.1, -0.05) is 0 Å². The molecule has 0 unspecified atom stereocenters. The Bertz CT molecular complexity index is 302. The number of rotatable bonds is 3. The van der Waals surface area contributed by atoms with Crippen LogP contribution in [-0.2, 0) is 4.74 Å². The molecule has 0 bridgehead atoms. The van der Waals surface area contributed by atoms with E-state index in [0.717, 1.165) is 5.69 Å². The number of hydrogen-bond acceptors (Lipinski definition) is 4.